The Kier molecular flexibility index (Phi) is 9.84. The topological polar surface area (TPSA) is 113 Å². The van der Waals surface area contributed by atoms with E-state index in [1.807, 2.05) is 0 Å². The van der Waals surface area contributed by atoms with Crippen molar-refractivity contribution >= 4 is 27.5 Å². The van der Waals surface area contributed by atoms with E-state index in [1.165, 1.54) is 33.5 Å². The van der Waals surface area contributed by atoms with Gasteiger partial charge >= 0.3 is 0 Å². The van der Waals surface area contributed by atoms with Crippen molar-refractivity contribution in [3.63, 3.8) is 0 Å². The number of benzene rings is 2. The van der Waals surface area contributed by atoms with E-state index in [0.717, 1.165) is 0 Å². The fraction of sp³-hybridized carbons (Fsp3) is 0.357. The van der Waals surface area contributed by atoms with Crippen LogP contribution in [0.3, 0.4) is 0 Å². The molecular formula is C28H34N2O7S. The average molecular weight is 543 g/mol. The summed E-state index contributed by atoms with van der Waals surface area (Å²) >= 11 is 0. The summed E-state index contributed by atoms with van der Waals surface area (Å²) < 4.78 is 37.7. The lowest BCUT2D eigenvalue weighted by atomic mass is 9.95. The maximum absolute atomic E-state index is 13.2. The summed E-state index contributed by atoms with van der Waals surface area (Å²) in [6.45, 7) is 8.75. The molecule has 204 valence electrons. The third-order valence-corrected chi connectivity index (χ3v) is 8.39. The fourth-order valence-corrected chi connectivity index (χ4v) is 5.85. The number of methoxy groups -OCH3 is 1. The van der Waals surface area contributed by atoms with Crippen LogP contribution in [0.2, 0.25) is 0 Å². The molecule has 1 heterocycles. The number of carbonyl (C=O) groups excluding carboxylic acids is 2. The van der Waals surface area contributed by atoms with Gasteiger partial charge in [-0.3, -0.25) is 9.59 Å². The molecule has 0 unspecified atom stereocenters. The number of aliphatic hydroxyl groups is 1. The predicted octanol–water partition coefficient (Wildman–Crippen LogP) is 3.74. The van der Waals surface area contributed by atoms with Crippen LogP contribution in [0.4, 0.5) is 0 Å². The third kappa shape index (κ3) is 5.98. The van der Waals surface area contributed by atoms with E-state index in [2.05, 4.69) is 6.58 Å². The van der Waals surface area contributed by atoms with Crippen molar-refractivity contribution in [3.05, 3.63) is 77.9 Å². The normalized spacial score (nSPS) is 17.3. The minimum absolute atomic E-state index is 0.0634. The monoisotopic (exact) mass is 542 g/mol. The Morgan fingerprint density at radius 3 is 2.26 bits per heavy atom. The molecule has 2 aromatic carbocycles. The summed E-state index contributed by atoms with van der Waals surface area (Å²) in [6.07, 6.45) is 2.12. The molecule has 1 N–H and O–H groups in total. The molecule has 0 spiro atoms. The Morgan fingerprint density at radius 2 is 1.71 bits per heavy atom. The Labute approximate surface area is 224 Å². The van der Waals surface area contributed by atoms with E-state index < -0.39 is 27.8 Å². The summed E-state index contributed by atoms with van der Waals surface area (Å²) in [5, 5.41) is 11.3. The first-order chi connectivity index (χ1) is 18.2. The molecule has 38 heavy (non-hydrogen) atoms. The third-order valence-electron chi connectivity index (χ3n) is 6.32. The predicted molar refractivity (Wildman–Crippen MR) is 144 cm³/mol. The molecule has 0 aromatic heterocycles. The van der Waals surface area contributed by atoms with Gasteiger partial charge in [-0.2, -0.15) is 4.31 Å². The van der Waals surface area contributed by atoms with E-state index in [0.29, 0.717) is 44.0 Å². The number of carbonyl (C=O) groups is 2. The zero-order chi connectivity index (χ0) is 27.9. The molecule has 3 rings (SSSR count). The van der Waals surface area contributed by atoms with E-state index in [9.17, 15) is 23.1 Å². The highest BCUT2D eigenvalue weighted by molar-refractivity contribution is 7.89. The number of ether oxygens (including phenoxy) is 2. The van der Waals surface area contributed by atoms with Crippen LogP contribution >= 0.6 is 0 Å². The second-order valence-corrected chi connectivity index (χ2v) is 10.6. The van der Waals surface area contributed by atoms with Gasteiger partial charge in [-0.15, -0.1) is 0 Å². The number of aliphatic hydroxyl groups excluding tert-OH is 1. The number of likely N-dealkylation sites (tertiary alicyclic amines) is 1. The van der Waals surface area contributed by atoms with Crippen molar-refractivity contribution in [1.82, 2.24) is 9.21 Å². The highest BCUT2D eigenvalue weighted by Gasteiger charge is 2.45. The van der Waals surface area contributed by atoms with Crippen molar-refractivity contribution in [2.24, 2.45) is 0 Å². The second kappa shape index (κ2) is 12.9. The summed E-state index contributed by atoms with van der Waals surface area (Å²) in [5.74, 6) is -1.31. The Balaban J connectivity index is 2.05. The van der Waals surface area contributed by atoms with Gasteiger partial charge in [0, 0.05) is 38.9 Å². The first kappa shape index (κ1) is 29.1. The van der Waals surface area contributed by atoms with Crippen LogP contribution < -0.4 is 4.74 Å². The molecule has 9 nitrogen and oxygen atoms in total. The van der Waals surface area contributed by atoms with Crippen LogP contribution in [-0.2, 0) is 24.3 Å². The van der Waals surface area contributed by atoms with Crippen LogP contribution in [0.25, 0.3) is 5.76 Å². The van der Waals surface area contributed by atoms with Gasteiger partial charge in [0.25, 0.3) is 11.7 Å². The van der Waals surface area contributed by atoms with Crippen molar-refractivity contribution in [1.29, 1.82) is 0 Å². The van der Waals surface area contributed by atoms with Gasteiger partial charge in [0.15, 0.2) is 0 Å². The number of sulfonamides is 1. The molecule has 1 aliphatic heterocycles. The molecule has 10 heteroatoms. The van der Waals surface area contributed by atoms with Crippen molar-refractivity contribution < 1.29 is 32.6 Å². The molecule has 1 atom stereocenters. The molecule has 0 aliphatic carbocycles. The van der Waals surface area contributed by atoms with E-state index in [4.69, 9.17) is 9.47 Å². The molecule has 1 saturated heterocycles. The zero-order valence-corrected chi connectivity index (χ0v) is 22.7. The molecule has 1 amide bonds. The number of ketones is 1. The average Bonchev–Trinajstić information content (AvgIpc) is 3.17. The van der Waals surface area contributed by atoms with Crippen molar-refractivity contribution in [3.8, 4) is 5.75 Å². The Bertz CT molecular complexity index is 1280. The minimum Gasteiger partial charge on any atom is -0.507 e. The van der Waals surface area contributed by atoms with E-state index in [1.54, 1.807) is 51.3 Å². The quantitative estimate of drug-likeness (QED) is 0.135. The lowest BCUT2D eigenvalue weighted by Gasteiger charge is -2.25. The molecule has 2 aromatic rings. The molecule has 0 bridgehead atoms. The Morgan fingerprint density at radius 1 is 1.08 bits per heavy atom. The van der Waals surface area contributed by atoms with Crippen LogP contribution in [0.1, 0.15) is 37.4 Å². The first-order valence-electron chi connectivity index (χ1n) is 12.4. The lowest BCUT2D eigenvalue weighted by Crippen LogP contribution is -2.31. The van der Waals surface area contributed by atoms with Gasteiger partial charge in [0.05, 0.1) is 16.5 Å². The fourth-order valence-electron chi connectivity index (χ4n) is 4.39. The number of amides is 1. The smallest absolute Gasteiger partial charge is 0.295 e. The summed E-state index contributed by atoms with van der Waals surface area (Å²) in [4.78, 5) is 27.7. The van der Waals surface area contributed by atoms with Crippen LogP contribution in [0, 0.1) is 0 Å². The Hall–Kier alpha value is -3.47. The maximum Gasteiger partial charge on any atom is 0.295 e. The van der Waals surface area contributed by atoms with Crippen molar-refractivity contribution in [2.45, 2.75) is 31.2 Å². The maximum atomic E-state index is 13.2. The highest BCUT2D eigenvalue weighted by atomic mass is 32.2. The van der Waals surface area contributed by atoms with Crippen LogP contribution in [0.15, 0.2) is 71.7 Å². The minimum atomic E-state index is -3.69. The molecule has 0 radical (unpaired) electrons. The summed E-state index contributed by atoms with van der Waals surface area (Å²) in [6, 6.07) is 11.7. The molecule has 1 aliphatic rings. The summed E-state index contributed by atoms with van der Waals surface area (Å²) in [5.41, 5.74) is 0.788. The van der Waals surface area contributed by atoms with Crippen LogP contribution in [0.5, 0.6) is 5.75 Å². The number of hydrogen-bond acceptors (Lipinski definition) is 7. The van der Waals surface area contributed by atoms with E-state index in [-0.39, 0.29) is 28.3 Å². The van der Waals surface area contributed by atoms with Crippen LogP contribution in [-0.4, -0.2) is 74.4 Å². The van der Waals surface area contributed by atoms with Crippen molar-refractivity contribution in [2.75, 3.05) is 40.0 Å². The SMILES string of the molecule is C=CCOc1ccc([C@H]2C(=C(O)c3ccc(S(=O)(=O)N(CC)CC)cc3)C(=O)C(=O)N2CCCOC)cc1. The van der Waals surface area contributed by atoms with Gasteiger partial charge in [-0.05, 0) is 48.4 Å². The molecule has 0 saturated carbocycles. The molecule has 1 fully saturated rings. The van der Waals surface area contributed by atoms with Gasteiger partial charge in [0.2, 0.25) is 10.0 Å². The van der Waals surface area contributed by atoms with Gasteiger partial charge in [-0.25, -0.2) is 8.42 Å². The first-order valence-corrected chi connectivity index (χ1v) is 13.9. The van der Waals surface area contributed by atoms with Gasteiger partial charge < -0.3 is 19.5 Å². The zero-order valence-electron chi connectivity index (χ0n) is 21.9. The number of nitrogens with zero attached hydrogens (tertiary/aromatic N) is 2. The van der Waals surface area contributed by atoms with Gasteiger partial charge in [-0.1, -0.05) is 38.6 Å². The number of rotatable bonds is 13. The number of Topliss-reactive ketones (excluding diaryl/α,β-unsaturated/α-hetero) is 1. The largest absolute Gasteiger partial charge is 0.507 e. The van der Waals surface area contributed by atoms with Gasteiger partial charge in [0.1, 0.15) is 18.1 Å². The second-order valence-electron chi connectivity index (χ2n) is 8.62. The lowest BCUT2D eigenvalue weighted by molar-refractivity contribution is -0.140. The standard InChI is InChI=1S/C28H34N2O7S/c1-5-18-37-22-13-9-20(10-14-22)25-24(27(32)28(33)30(25)17-8-19-36-4)26(31)21-11-15-23(16-12-21)38(34,35)29(6-2)7-3/h5,9-16,25,31H,1,6-8,17-19H2,2-4H3/t25-/m0/s1. The number of hydrogen-bond donors (Lipinski definition) is 1. The van der Waals surface area contributed by atoms with E-state index >= 15 is 0 Å². The summed E-state index contributed by atoms with van der Waals surface area (Å²) in [7, 11) is -2.14. The highest BCUT2D eigenvalue weighted by Crippen LogP contribution is 2.40. The molecular weight excluding hydrogens is 508 g/mol.